The zero-order valence-corrected chi connectivity index (χ0v) is 15.4. The normalized spacial score (nSPS) is 26.4. The number of hydrogen-bond donors (Lipinski definition) is 0. The molecule has 2 aliphatic heterocycles. The van der Waals surface area contributed by atoms with E-state index in [4.69, 9.17) is 0 Å². The fourth-order valence-electron chi connectivity index (χ4n) is 4.60. The lowest BCUT2D eigenvalue weighted by Gasteiger charge is -2.37. The Hall–Kier alpha value is -1.40. The topological polar surface area (TPSA) is 57.7 Å². The number of likely N-dealkylation sites (tertiary alicyclic amines) is 1. The van der Waals surface area contributed by atoms with Gasteiger partial charge in [-0.15, -0.1) is 0 Å². The number of rotatable bonds is 2. The molecule has 1 atom stereocenters. The summed E-state index contributed by atoms with van der Waals surface area (Å²) in [4.78, 5) is 15.0. The molecule has 6 heteroatoms. The standard InChI is InChI=1S/C19H26N2O3S/c22-19(18-10-3-7-15-6-1-2-9-17(15)18)20-11-4-8-16(14-20)21-12-5-13-25(21,23)24/h3,7,10,16H,1-2,4-6,8-9,11-14H2. The lowest BCUT2D eigenvalue weighted by atomic mass is 9.87. The lowest BCUT2D eigenvalue weighted by molar-refractivity contribution is 0.0657. The van der Waals surface area contributed by atoms with Crippen LogP contribution in [0.3, 0.4) is 0 Å². The number of nitrogens with zero attached hydrogens (tertiary/aromatic N) is 2. The van der Waals surface area contributed by atoms with Crippen LogP contribution in [0.5, 0.6) is 0 Å². The van der Waals surface area contributed by atoms with Crippen LogP contribution in [-0.4, -0.2) is 55.0 Å². The van der Waals surface area contributed by atoms with Gasteiger partial charge in [0.25, 0.3) is 5.91 Å². The fraction of sp³-hybridized carbons (Fsp3) is 0.632. The van der Waals surface area contributed by atoms with Gasteiger partial charge in [0, 0.05) is 31.2 Å². The summed E-state index contributed by atoms with van der Waals surface area (Å²) in [5.74, 6) is 0.337. The molecule has 2 heterocycles. The first-order chi connectivity index (χ1) is 12.1. The predicted molar refractivity (Wildman–Crippen MR) is 97.1 cm³/mol. The Kier molecular flexibility index (Phi) is 4.58. The molecule has 4 rings (SSSR count). The number of aryl methyl sites for hydroxylation is 1. The van der Waals surface area contributed by atoms with Gasteiger partial charge in [-0.3, -0.25) is 4.79 Å². The van der Waals surface area contributed by atoms with Crippen LogP contribution < -0.4 is 0 Å². The van der Waals surface area contributed by atoms with Crippen LogP contribution in [0.2, 0.25) is 0 Å². The van der Waals surface area contributed by atoms with E-state index < -0.39 is 10.0 Å². The van der Waals surface area contributed by atoms with Gasteiger partial charge in [-0.2, -0.15) is 4.31 Å². The number of fused-ring (bicyclic) bond motifs is 1. The zero-order valence-electron chi connectivity index (χ0n) is 14.6. The molecule has 0 saturated carbocycles. The molecule has 25 heavy (non-hydrogen) atoms. The van der Waals surface area contributed by atoms with Crippen molar-refractivity contribution < 1.29 is 13.2 Å². The van der Waals surface area contributed by atoms with E-state index in [1.54, 1.807) is 4.31 Å². The summed E-state index contributed by atoms with van der Waals surface area (Å²) in [6.07, 6.45) is 6.82. The molecule has 5 nitrogen and oxygen atoms in total. The van der Waals surface area contributed by atoms with Crippen molar-refractivity contribution in [1.82, 2.24) is 9.21 Å². The zero-order chi connectivity index (χ0) is 17.4. The molecular formula is C19H26N2O3S. The molecule has 0 spiro atoms. The SMILES string of the molecule is O=C(c1cccc2c1CCCC2)N1CCCC(N2CCCS2(=O)=O)C1. The summed E-state index contributed by atoms with van der Waals surface area (Å²) in [5, 5.41) is 0. The molecule has 0 N–H and O–H groups in total. The van der Waals surface area contributed by atoms with Gasteiger partial charge in [-0.1, -0.05) is 12.1 Å². The van der Waals surface area contributed by atoms with E-state index in [9.17, 15) is 13.2 Å². The minimum Gasteiger partial charge on any atom is -0.337 e. The molecule has 2 saturated heterocycles. The highest BCUT2D eigenvalue weighted by molar-refractivity contribution is 7.89. The molecular weight excluding hydrogens is 336 g/mol. The minimum absolute atomic E-state index is 0.0512. The van der Waals surface area contributed by atoms with E-state index in [2.05, 4.69) is 6.07 Å². The van der Waals surface area contributed by atoms with Gasteiger partial charge in [0.2, 0.25) is 10.0 Å². The van der Waals surface area contributed by atoms with Crippen molar-refractivity contribution in [3.8, 4) is 0 Å². The van der Waals surface area contributed by atoms with E-state index in [0.717, 1.165) is 44.2 Å². The van der Waals surface area contributed by atoms with E-state index in [-0.39, 0.29) is 17.7 Å². The first-order valence-electron chi connectivity index (χ1n) is 9.46. The average molecular weight is 362 g/mol. The number of carbonyl (C=O) groups excluding carboxylic acids is 1. The van der Waals surface area contributed by atoms with Gasteiger partial charge in [0.1, 0.15) is 0 Å². The molecule has 1 unspecified atom stereocenters. The van der Waals surface area contributed by atoms with E-state index >= 15 is 0 Å². The Balaban J connectivity index is 1.55. The van der Waals surface area contributed by atoms with Gasteiger partial charge in [0.05, 0.1) is 5.75 Å². The summed E-state index contributed by atoms with van der Waals surface area (Å²) < 4.78 is 26.1. The summed E-state index contributed by atoms with van der Waals surface area (Å²) in [6, 6.07) is 6.03. The van der Waals surface area contributed by atoms with E-state index in [1.807, 2.05) is 17.0 Å². The number of amides is 1. The maximum Gasteiger partial charge on any atom is 0.254 e. The molecule has 3 aliphatic rings. The van der Waals surface area contributed by atoms with Gasteiger partial charge in [-0.05, 0) is 62.1 Å². The van der Waals surface area contributed by atoms with Crippen molar-refractivity contribution in [3.05, 3.63) is 34.9 Å². The van der Waals surface area contributed by atoms with Crippen molar-refractivity contribution >= 4 is 15.9 Å². The van der Waals surface area contributed by atoms with Gasteiger partial charge in [-0.25, -0.2) is 8.42 Å². The molecule has 136 valence electrons. The van der Waals surface area contributed by atoms with Crippen LogP contribution in [0.1, 0.15) is 53.6 Å². The molecule has 2 fully saturated rings. The second-order valence-corrected chi connectivity index (χ2v) is 9.52. The maximum absolute atomic E-state index is 13.2. The van der Waals surface area contributed by atoms with Crippen LogP contribution in [-0.2, 0) is 22.9 Å². The van der Waals surface area contributed by atoms with Crippen LogP contribution in [0, 0.1) is 0 Å². The smallest absolute Gasteiger partial charge is 0.254 e. The summed E-state index contributed by atoms with van der Waals surface area (Å²) in [7, 11) is -3.12. The average Bonchev–Trinajstić information content (AvgIpc) is 3.00. The molecule has 1 amide bonds. The monoisotopic (exact) mass is 362 g/mol. The molecule has 1 aliphatic carbocycles. The molecule has 1 aromatic rings. The van der Waals surface area contributed by atoms with Crippen LogP contribution in [0.4, 0.5) is 0 Å². The predicted octanol–water partition coefficient (Wildman–Crippen LogP) is 2.21. The second-order valence-electron chi connectivity index (χ2n) is 7.48. The van der Waals surface area contributed by atoms with Crippen molar-refractivity contribution in [1.29, 1.82) is 0 Å². The van der Waals surface area contributed by atoms with E-state index in [0.29, 0.717) is 19.5 Å². The van der Waals surface area contributed by atoms with Crippen molar-refractivity contribution in [2.24, 2.45) is 0 Å². The molecule has 0 radical (unpaired) electrons. The molecule has 0 aromatic heterocycles. The summed E-state index contributed by atoms with van der Waals surface area (Å²) >= 11 is 0. The van der Waals surface area contributed by atoms with Crippen molar-refractivity contribution in [3.63, 3.8) is 0 Å². The van der Waals surface area contributed by atoms with Crippen LogP contribution in [0.15, 0.2) is 18.2 Å². The number of benzene rings is 1. The number of sulfonamides is 1. The quantitative estimate of drug-likeness (QED) is 0.810. The number of carbonyl (C=O) groups is 1. The Bertz CT molecular complexity index is 775. The summed E-state index contributed by atoms with van der Waals surface area (Å²) in [5.41, 5.74) is 3.37. The number of piperidine rings is 1. The highest BCUT2D eigenvalue weighted by Crippen LogP contribution is 2.28. The third-order valence-corrected chi connectivity index (χ3v) is 7.86. The fourth-order valence-corrected chi connectivity index (χ4v) is 6.36. The Labute approximate surface area is 150 Å². The van der Waals surface area contributed by atoms with Crippen LogP contribution in [0.25, 0.3) is 0 Å². The molecule has 1 aromatic carbocycles. The number of hydrogen-bond acceptors (Lipinski definition) is 3. The van der Waals surface area contributed by atoms with E-state index in [1.165, 1.54) is 17.5 Å². The third kappa shape index (κ3) is 3.22. The molecule has 0 bridgehead atoms. The third-order valence-electron chi connectivity index (χ3n) is 5.86. The minimum atomic E-state index is -3.12. The Morgan fingerprint density at radius 2 is 1.88 bits per heavy atom. The van der Waals surface area contributed by atoms with Gasteiger partial charge < -0.3 is 4.90 Å². The second kappa shape index (κ2) is 6.72. The van der Waals surface area contributed by atoms with Crippen molar-refractivity contribution in [2.75, 3.05) is 25.4 Å². The first-order valence-corrected chi connectivity index (χ1v) is 11.1. The maximum atomic E-state index is 13.2. The van der Waals surface area contributed by atoms with Gasteiger partial charge >= 0.3 is 0 Å². The van der Waals surface area contributed by atoms with Crippen molar-refractivity contribution in [2.45, 2.75) is 51.0 Å². The van der Waals surface area contributed by atoms with Crippen LogP contribution >= 0.6 is 0 Å². The lowest BCUT2D eigenvalue weighted by Crippen LogP contribution is -2.50. The highest BCUT2D eigenvalue weighted by Gasteiger charge is 2.37. The van der Waals surface area contributed by atoms with Gasteiger partial charge in [0.15, 0.2) is 0 Å². The Morgan fingerprint density at radius 3 is 2.68 bits per heavy atom. The Morgan fingerprint density at radius 1 is 1.04 bits per heavy atom. The highest BCUT2D eigenvalue weighted by atomic mass is 32.2. The largest absolute Gasteiger partial charge is 0.337 e. The summed E-state index contributed by atoms with van der Waals surface area (Å²) in [6.45, 7) is 1.87. The first kappa shape index (κ1) is 17.0.